The quantitative estimate of drug-likeness (QED) is 0.102. The van der Waals surface area contributed by atoms with Crippen molar-refractivity contribution in [3.63, 3.8) is 0 Å². The Hall–Kier alpha value is -4.71. The van der Waals surface area contributed by atoms with Crippen molar-refractivity contribution in [1.82, 2.24) is 31.1 Å². The maximum atomic E-state index is 14.5. The zero-order valence-electron chi connectivity index (χ0n) is 34.5. The molecule has 5 N–H and O–H groups in total. The van der Waals surface area contributed by atoms with Crippen LogP contribution in [0.15, 0.2) is 30.3 Å². The van der Waals surface area contributed by atoms with Crippen molar-refractivity contribution in [1.29, 1.82) is 0 Å². The molecule has 2 fully saturated rings. The number of likely N-dealkylation sites (N-methyl/N-ethyl adjacent to an activating group) is 1. The third kappa shape index (κ3) is 14.3. The van der Waals surface area contributed by atoms with E-state index in [2.05, 4.69) is 21.3 Å². The Morgan fingerprint density at radius 2 is 1.55 bits per heavy atom. The topological polar surface area (TPSA) is 213 Å². The molecule has 2 aliphatic rings. The fraction of sp³-hybridized carbons (Fsp3) is 0.675. The lowest BCUT2D eigenvalue weighted by Crippen LogP contribution is -2.59. The highest BCUT2D eigenvalue weighted by Gasteiger charge is 2.47. The van der Waals surface area contributed by atoms with Crippen LogP contribution in [0.25, 0.3) is 0 Å². The summed E-state index contributed by atoms with van der Waals surface area (Å²) in [6.45, 7) is 5.36. The second kappa shape index (κ2) is 21.3. The number of hydrogen-bond donors (Lipinski definition) is 5. The molecule has 4 unspecified atom stereocenters. The number of nitrogens with one attached hydrogen (secondary N) is 4. The summed E-state index contributed by atoms with van der Waals surface area (Å²) in [5.41, 5.74) is -0.842. The Kier molecular flexibility index (Phi) is 17.5. The van der Waals surface area contributed by atoms with Crippen LogP contribution in [-0.4, -0.2) is 127 Å². The fourth-order valence-corrected chi connectivity index (χ4v) is 7.39. The van der Waals surface area contributed by atoms with Crippen LogP contribution in [0.5, 0.6) is 0 Å². The summed E-state index contributed by atoms with van der Waals surface area (Å²) < 4.78 is 37.6. The van der Waals surface area contributed by atoms with Crippen molar-refractivity contribution in [3.8, 4) is 0 Å². The molecule has 1 aliphatic heterocycles. The van der Waals surface area contributed by atoms with E-state index in [4.69, 9.17) is 9.47 Å². The first-order valence-electron chi connectivity index (χ1n) is 19.7. The molecule has 6 amide bonds. The lowest BCUT2D eigenvalue weighted by molar-refractivity contribution is -0.159. The number of hydrogen-bond acceptors (Lipinski definition) is 10. The largest absolute Gasteiger partial charge is 0.418 e. The maximum absolute atomic E-state index is 14.5. The van der Waals surface area contributed by atoms with Crippen LogP contribution in [0.3, 0.4) is 0 Å². The number of amides is 6. The lowest BCUT2D eigenvalue weighted by Gasteiger charge is -2.36. The third-order valence-corrected chi connectivity index (χ3v) is 10.4. The SMILES string of the molecule is COC(C)(C)OC(=O)NC(C(=O)N1CC[C@H](CC(C)(C)O)C1C(=O)NC(CCC(F)F)C(=O)C(=O)NCC(=O)NC(C(=O)N(C)C)c1ccccc1)C1CCCCC1. The molecule has 58 heavy (non-hydrogen) atoms. The number of benzene rings is 1. The number of carbonyl (C=O) groups excluding carboxylic acids is 7. The van der Waals surface area contributed by atoms with Gasteiger partial charge in [-0.2, -0.15) is 0 Å². The van der Waals surface area contributed by atoms with Gasteiger partial charge in [0.2, 0.25) is 41.6 Å². The van der Waals surface area contributed by atoms with Gasteiger partial charge >= 0.3 is 6.09 Å². The van der Waals surface area contributed by atoms with E-state index in [1.807, 2.05) is 0 Å². The van der Waals surface area contributed by atoms with Crippen molar-refractivity contribution in [3.05, 3.63) is 35.9 Å². The molecule has 1 saturated heterocycles. The first-order chi connectivity index (χ1) is 27.1. The minimum Gasteiger partial charge on any atom is -0.418 e. The number of alkyl carbamates (subject to hydrolysis) is 1. The van der Waals surface area contributed by atoms with E-state index in [0.717, 1.165) is 19.3 Å². The summed E-state index contributed by atoms with van der Waals surface area (Å²) in [5.74, 6) is -7.76. The van der Waals surface area contributed by atoms with Gasteiger partial charge < -0.3 is 45.6 Å². The Bertz CT molecular complexity index is 1600. The van der Waals surface area contributed by atoms with Crippen LogP contribution < -0.4 is 21.3 Å². The minimum atomic E-state index is -2.90. The molecule has 0 bridgehead atoms. The Labute approximate surface area is 338 Å². The zero-order chi connectivity index (χ0) is 43.4. The number of likely N-dealkylation sites (tertiary alicyclic amines) is 1. The zero-order valence-corrected chi connectivity index (χ0v) is 34.5. The monoisotopic (exact) mass is 822 g/mol. The number of methoxy groups -OCH3 is 1. The predicted octanol–water partition coefficient (Wildman–Crippen LogP) is 2.58. The Balaban J connectivity index is 1.85. The second-order valence-corrected chi connectivity index (χ2v) is 16.3. The molecule has 1 saturated carbocycles. The van der Waals surface area contributed by atoms with Gasteiger partial charge in [-0.05, 0) is 63.4 Å². The van der Waals surface area contributed by atoms with Gasteiger partial charge in [-0.1, -0.05) is 49.6 Å². The maximum Gasteiger partial charge on any atom is 0.410 e. The van der Waals surface area contributed by atoms with Crippen molar-refractivity contribution >= 4 is 41.4 Å². The van der Waals surface area contributed by atoms with Gasteiger partial charge in [0.25, 0.3) is 5.91 Å². The number of rotatable bonds is 19. The molecular formula is C40H60F2N6O10. The summed E-state index contributed by atoms with van der Waals surface area (Å²) in [5, 5.41) is 20.5. The molecule has 1 heterocycles. The first-order valence-corrected chi connectivity index (χ1v) is 19.7. The van der Waals surface area contributed by atoms with Gasteiger partial charge in [-0.15, -0.1) is 0 Å². The molecule has 18 heteroatoms. The number of nitrogens with zero attached hydrogens (tertiary/aromatic N) is 2. The molecule has 0 aromatic heterocycles. The van der Waals surface area contributed by atoms with Crippen molar-refractivity contribution in [2.24, 2.45) is 11.8 Å². The van der Waals surface area contributed by atoms with E-state index >= 15 is 0 Å². The lowest BCUT2D eigenvalue weighted by atomic mass is 9.83. The smallest absolute Gasteiger partial charge is 0.410 e. The number of alkyl halides is 2. The van der Waals surface area contributed by atoms with Crippen LogP contribution in [0.2, 0.25) is 0 Å². The Morgan fingerprint density at radius 1 is 0.914 bits per heavy atom. The molecule has 1 aromatic carbocycles. The van der Waals surface area contributed by atoms with Gasteiger partial charge in [-0.3, -0.25) is 28.8 Å². The number of carbonyl (C=O) groups is 7. The molecule has 1 aliphatic carbocycles. The number of halogens is 2. The van der Waals surface area contributed by atoms with Crippen molar-refractivity contribution < 1.29 is 56.9 Å². The molecule has 0 radical (unpaired) electrons. The van der Waals surface area contributed by atoms with Gasteiger partial charge in [0, 0.05) is 48.0 Å². The summed E-state index contributed by atoms with van der Waals surface area (Å²) in [4.78, 5) is 96.7. The normalized spacial score (nSPS) is 19.1. The van der Waals surface area contributed by atoms with Crippen LogP contribution in [-0.2, 0) is 38.2 Å². The molecule has 324 valence electrons. The van der Waals surface area contributed by atoms with Crippen LogP contribution in [0.1, 0.15) is 97.1 Å². The van der Waals surface area contributed by atoms with E-state index in [1.165, 1.54) is 58.7 Å². The van der Waals surface area contributed by atoms with Gasteiger partial charge in [-0.25, -0.2) is 13.6 Å². The molecule has 3 rings (SSSR count). The number of ketones is 1. The number of Topliss-reactive ketones (excluding diaryl/α,β-unsaturated/α-hetero) is 1. The predicted molar refractivity (Wildman–Crippen MR) is 207 cm³/mol. The van der Waals surface area contributed by atoms with Gasteiger partial charge in [0.1, 0.15) is 18.1 Å². The highest BCUT2D eigenvalue weighted by Crippen LogP contribution is 2.35. The second-order valence-electron chi connectivity index (χ2n) is 16.3. The molecular weight excluding hydrogens is 762 g/mol. The van der Waals surface area contributed by atoms with Crippen LogP contribution in [0, 0.1) is 11.8 Å². The van der Waals surface area contributed by atoms with Gasteiger partial charge in [0.15, 0.2) is 0 Å². The highest BCUT2D eigenvalue weighted by atomic mass is 19.3. The van der Waals surface area contributed by atoms with Crippen molar-refractivity contribution in [2.45, 2.75) is 127 Å². The Morgan fingerprint density at radius 3 is 2.12 bits per heavy atom. The molecule has 1 aromatic rings. The van der Waals surface area contributed by atoms with E-state index in [9.17, 15) is 47.4 Å². The molecule has 16 nitrogen and oxygen atoms in total. The summed E-state index contributed by atoms with van der Waals surface area (Å²) in [7, 11) is 4.35. The van der Waals surface area contributed by atoms with E-state index in [-0.39, 0.29) is 25.3 Å². The number of aliphatic hydroxyl groups is 1. The summed E-state index contributed by atoms with van der Waals surface area (Å²) >= 11 is 0. The minimum absolute atomic E-state index is 0.0337. The molecule has 5 atom stereocenters. The van der Waals surface area contributed by atoms with Gasteiger partial charge in [0.05, 0.1) is 18.2 Å². The van der Waals surface area contributed by atoms with E-state index < -0.39 is 109 Å². The fourth-order valence-electron chi connectivity index (χ4n) is 7.39. The van der Waals surface area contributed by atoms with Crippen LogP contribution in [0.4, 0.5) is 13.6 Å². The average molecular weight is 823 g/mol. The van der Waals surface area contributed by atoms with E-state index in [1.54, 1.807) is 30.3 Å². The third-order valence-electron chi connectivity index (χ3n) is 10.4. The van der Waals surface area contributed by atoms with Crippen molar-refractivity contribution in [2.75, 3.05) is 34.3 Å². The summed E-state index contributed by atoms with van der Waals surface area (Å²) in [6, 6.07) is 2.99. The first kappa shape index (κ1) is 47.7. The summed E-state index contributed by atoms with van der Waals surface area (Å²) in [6.07, 6.45) is -1.29. The highest BCUT2D eigenvalue weighted by molar-refractivity contribution is 6.38. The average Bonchev–Trinajstić information content (AvgIpc) is 3.58. The van der Waals surface area contributed by atoms with E-state index in [0.29, 0.717) is 18.4 Å². The van der Waals surface area contributed by atoms with Crippen LogP contribution >= 0.6 is 0 Å². The number of ether oxygens (including phenoxy) is 2. The standard InChI is InChI=1S/C40H60F2N6O10/c1-39(2,56)22-26-20-21-48(37(54)31(25-16-12-9-13-17-25)46-38(55)58-40(3,4)57-7)32(26)34(51)44-27(18-19-28(41)42)33(50)35(52)43-23-29(49)45-30(36(53)47(5)6)24-14-10-8-11-15-24/h8,10-11,14-15,25-28,30-32,56H,9,12-13,16-23H2,1-7H3,(H,43,52)(H,44,51)(H,45,49)(H,46,55)/t26-,27?,30?,31?,32?/m1/s1. The molecule has 0 spiro atoms.